The van der Waals surface area contributed by atoms with Gasteiger partial charge < -0.3 is 0 Å². The quantitative estimate of drug-likeness (QED) is 0.369. The van der Waals surface area contributed by atoms with E-state index in [4.69, 9.17) is 0 Å². The molecule has 6 nitrogen and oxygen atoms in total. The summed E-state index contributed by atoms with van der Waals surface area (Å²) in [4.78, 5) is 26.1. The lowest BCUT2D eigenvalue weighted by Gasteiger charge is -2.19. The first-order chi connectivity index (χ1) is 16.3. The maximum atomic E-state index is 13.2. The molecule has 1 aliphatic rings. The van der Waals surface area contributed by atoms with E-state index < -0.39 is 23.0 Å². The van der Waals surface area contributed by atoms with Gasteiger partial charge in [-0.2, -0.15) is 18.3 Å². The molecule has 1 aromatic carbocycles. The topological polar surface area (TPSA) is 61.8 Å². The first-order valence-electron chi connectivity index (χ1n) is 11.9. The minimum absolute atomic E-state index is 0.157. The number of allylic oxidation sites excluding steroid dienone is 1. The van der Waals surface area contributed by atoms with Gasteiger partial charge in [0.15, 0.2) is 5.65 Å². The van der Waals surface area contributed by atoms with Crippen LogP contribution in [0.15, 0.2) is 46.1 Å². The van der Waals surface area contributed by atoms with Crippen LogP contribution in [0.2, 0.25) is 0 Å². The van der Waals surface area contributed by atoms with Crippen molar-refractivity contribution >= 4 is 16.7 Å². The molecule has 0 N–H and O–H groups in total. The van der Waals surface area contributed by atoms with E-state index in [1.54, 1.807) is 12.1 Å². The Hall–Kier alpha value is -3.10. The Morgan fingerprint density at radius 1 is 1.00 bits per heavy atom. The third-order valence-corrected chi connectivity index (χ3v) is 6.35. The molecule has 0 radical (unpaired) electrons. The lowest BCUT2D eigenvalue weighted by atomic mass is 10.1. The van der Waals surface area contributed by atoms with E-state index in [9.17, 15) is 22.8 Å². The van der Waals surface area contributed by atoms with Gasteiger partial charge in [-0.1, -0.05) is 64.0 Å². The SMILES string of the molecule is CCCCCCCCCCn1c(=O)c2cnn3c2n(c1=O)CC=C3c1cccc(C(F)(F)F)c1. The second-order valence-electron chi connectivity index (χ2n) is 8.79. The highest BCUT2D eigenvalue weighted by atomic mass is 19.4. The van der Waals surface area contributed by atoms with Crippen LogP contribution in [0.1, 0.15) is 69.4 Å². The Morgan fingerprint density at radius 3 is 2.41 bits per heavy atom. The van der Waals surface area contributed by atoms with E-state index in [0.717, 1.165) is 37.8 Å². The predicted molar refractivity (Wildman–Crippen MR) is 126 cm³/mol. The van der Waals surface area contributed by atoms with Crippen LogP contribution in [-0.2, 0) is 19.3 Å². The van der Waals surface area contributed by atoms with Crippen molar-refractivity contribution in [1.29, 1.82) is 0 Å². The highest BCUT2D eigenvalue weighted by molar-refractivity contribution is 5.82. The van der Waals surface area contributed by atoms with Crippen LogP contribution in [0.5, 0.6) is 0 Å². The van der Waals surface area contributed by atoms with E-state index in [-0.39, 0.29) is 11.9 Å². The van der Waals surface area contributed by atoms with Crippen LogP contribution in [0.4, 0.5) is 13.2 Å². The zero-order valence-electron chi connectivity index (χ0n) is 19.3. The van der Waals surface area contributed by atoms with Gasteiger partial charge in [0, 0.05) is 18.7 Å². The van der Waals surface area contributed by atoms with Gasteiger partial charge in [0.05, 0.1) is 17.5 Å². The standard InChI is InChI=1S/C25H29F3N4O2/c1-2-3-4-5-6-7-8-9-14-31-23(33)20-17-29-32-21(13-15-30(22(20)32)24(31)34)18-11-10-12-19(16-18)25(26,27)28/h10-13,16-17H,2-9,14-15H2,1H3. The molecule has 0 saturated carbocycles. The number of nitrogens with zero attached hydrogens (tertiary/aromatic N) is 4. The fourth-order valence-electron chi connectivity index (χ4n) is 4.52. The van der Waals surface area contributed by atoms with Crippen molar-refractivity contribution < 1.29 is 13.2 Å². The monoisotopic (exact) mass is 474 g/mol. The number of rotatable bonds is 10. The Kier molecular flexibility index (Phi) is 7.09. The summed E-state index contributed by atoms with van der Waals surface area (Å²) < 4.78 is 43.7. The van der Waals surface area contributed by atoms with Gasteiger partial charge in [-0.15, -0.1) is 0 Å². The normalized spacial score (nSPS) is 13.5. The Balaban J connectivity index is 1.56. The molecule has 3 heterocycles. The van der Waals surface area contributed by atoms with Gasteiger partial charge >= 0.3 is 11.9 Å². The molecule has 34 heavy (non-hydrogen) atoms. The molecule has 1 aliphatic heterocycles. The van der Waals surface area contributed by atoms with Crippen molar-refractivity contribution in [2.24, 2.45) is 0 Å². The Labute approximate surface area is 195 Å². The smallest absolute Gasteiger partial charge is 0.273 e. The van der Waals surface area contributed by atoms with Gasteiger partial charge in [0.1, 0.15) is 5.39 Å². The molecule has 0 bridgehead atoms. The largest absolute Gasteiger partial charge is 0.416 e. The van der Waals surface area contributed by atoms with Crippen LogP contribution in [0.25, 0.3) is 16.7 Å². The summed E-state index contributed by atoms with van der Waals surface area (Å²) in [6.45, 7) is 2.69. The second-order valence-corrected chi connectivity index (χ2v) is 8.79. The van der Waals surface area contributed by atoms with E-state index in [1.165, 1.54) is 51.8 Å². The summed E-state index contributed by atoms with van der Waals surface area (Å²) in [6.07, 6.45) is 7.46. The molecule has 0 saturated heterocycles. The van der Waals surface area contributed by atoms with E-state index >= 15 is 0 Å². The predicted octanol–water partition coefficient (Wildman–Crippen LogP) is 5.42. The second kappa shape index (κ2) is 10.0. The van der Waals surface area contributed by atoms with Crippen LogP contribution < -0.4 is 11.2 Å². The number of benzene rings is 1. The maximum Gasteiger partial charge on any atom is 0.416 e. The lowest BCUT2D eigenvalue weighted by molar-refractivity contribution is -0.137. The zero-order chi connectivity index (χ0) is 24.3. The number of hydrogen-bond acceptors (Lipinski definition) is 3. The van der Waals surface area contributed by atoms with Gasteiger partial charge in [-0.3, -0.25) is 13.9 Å². The minimum Gasteiger partial charge on any atom is -0.273 e. The minimum atomic E-state index is -4.47. The van der Waals surface area contributed by atoms with Crippen LogP contribution >= 0.6 is 0 Å². The maximum absolute atomic E-state index is 13.2. The summed E-state index contributed by atoms with van der Waals surface area (Å²) in [5, 5.41) is 4.55. The summed E-state index contributed by atoms with van der Waals surface area (Å²) in [5.41, 5.74) is -0.533. The molecule has 0 atom stereocenters. The van der Waals surface area contributed by atoms with Crippen LogP contribution in [0.3, 0.4) is 0 Å². The fourth-order valence-corrected chi connectivity index (χ4v) is 4.52. The summed E-state index contributed by atoms with van der Waals surface area (Å²) >= 11 is 0. The third-order valence-electron chi connectivity index (χ3n) is 6.35. The molecular formula is C25H29F3N4O2. The van der Waals surface area contributed by atoms with Crippen molar-refractivity contribution in [3.63, 3.8) is 0 Å². The molecule has 3 aromatic rings. The molecular weight excluding hydrogens is 445 g/mol. The average molecular weight is 475 g/mol. The fraction of sp³-hybridized carbons (Fsp3) is 0.480. The molecule has 0 unspecified atom stereocenters. The highest BCUT2D eigenvalue weighted by Gasteiger charge is 2.31. The van der Waals surface area contributed by atoms with Crippen molar-refractivity contribution in [1.82, 2.24) is 18.9 Å². The Bertz CT molecular complexity index is 1310. The summed E-state index contributed by atoms with van der Waals surface area (Å²) in [5.74, 6) is 0. The van der Waals surface area contributed by atoms with Gasteiger partial charge in [-0.05, 0) is 24.6 Å². The molecule has 0 spiro atoms. The third kappa shape index (κ3) is 4.74. The van der Waals surface area contributed by atoms with Crippen molar-refractivity contribution in [2.45, 2.75) is 77.6 Å². The first-order valence-corrected chi connectivity index (χ1v) is 11.9. The molecule has 0 amide bonds. The molecule has 2 aromatic heterocycles. The molecule has 182 valence electrons. The van der Waals surface area contributed by atoms with Gasteiger partial charge in [0.25, 0.3) is 5.56 Å². The van der Waals surface area contributed by atoms with Crippen molar-refractivity contribution in [2.75, 3.05) is 0 Å². The molecule has 0 fully saturated rings. The Morgan fingerprint density at radius 2 is 1.71 bits per heavy atom. The highest BCUT2D eigenvalue weighted by Crippen LogP contribution is 2.32. The van der Waals surface area contributed by atoms with E-state index in [1.807, 2.05) is 0 Å². The molecule has 0 aliphatic carbocycles. The molecule has 4 rings (SSSR count). The zero-order valence-corrected chi connectivity index (χ0v) is 19.3. The summed E-state index contributed by atoms with van der Waals surface area (Å²) in [7, 11) is 0. The van der Waals surface area contributed by atoms with Crippen LogP contribution in [-0.4, -0.2) is 18.9 Å². The summed E-state index contributed by atoms with van der Waals surface area (Å²) in [6, 6.07) is 4.96. The van der Waals surface area contributed by atoms with Gasteiger partial charge in [-0.25, -0.2) is 9.48 Å². The number of halogens is 3. The van der Waals surface area contributed by atoms with Gasteiger partial charge in [0.2, 0.25) is 0 Å². The lowest BCUT2D eigenvalue weighted by Crippen LogP contribution is -2.41. The van der Waals surface area contributed by atoms with Crippen molar-refractivity contribution in [3.05, 3.63) is 68.5 Å². The van der Waals surface area contributed by atoms with Crippen molar-refractivity contribution in [3.8, 4) is 0 Å². The average Bonchev–Trinajstić information content (AvgIpc) is 3.26. The number of unbranched alkanes of at least 4 members (excludes halogenated alkanes) is 7. The molecule has 9 heteroatoms. The van der Waals surface area contributed by atoms with E-state index in [2.05, 4.69) is 12.0 Å². The first kappa shape index (κ1) is 24.0. The van der Waals surface area contributed by atoms with Crippen LogP contribution in [0, 0.1) is 0 Å². The van der Waals surface area contributed by atoms with E-state index in [0.29, 0.717) is 23.5 Å². The number of alkyl halides is 3. The number of aromatic nitrogens is 4. The number of hydrogen-bond donors (Lipinski definition) is 0.